The Hall–Kier alpha value is -2.73. The predicted octanol–water partition coefficient (Wildman–Crippen LogP) is 4.93. The quantitative estimate of drug-likeness (QED) is 0.513. The number of benzene rings is 2. The number of rotatable bonds is 11. The number of carbonyl (C=O) groups is 1. The number of anilines is 1. The molecule has 1 unspecified atom stereocenters. The van der Waals surface area contributed by atoms with E-state index >= 15 is 0 Å². The van der Waals surface area contributed by atoms with Crippen molar-refractivity contribution in [3.63, 3.8) is 0 Å². The highest BCUT2D eigenvalue weighted by Crippen LogP contribution is 2.30. The lowest BCUT2D eigenvalue weighted by Gasteiger charge is -2.23. The first-order chi connectivity index (χ1) is 14.4. The minimum atomic E-state index is -0.262. The molecular formula is C24H35N3O3. The fourth-order valence-corrected chi connectivity index (χ4v) is 3.15. The fourth-order valence-electron chi connectivity index (χ4n) is 3.15. The molecule has 30 heavy (non-hydrogen) atoms. The van der Waals surface area contributed by atoms with Gasteiger partial charge in [0.25, 0.3) is 0 Å². The minimum Gasteiger partial charge on any atom is -0.493 e. The number of ether oxygens (including phenoxy) is 2. The number of hydrogen-bond donors (Lipinski definition) is 2. The SMILES string of the molecule is COc1ccc(NC(=O)NC(CN(C)C)c2ccccc2)cc1OCCCC(C)C. The second kappa shape index (κ2) is 12.1. The van der Waals surface area contributed by atoms with E-state index in [0.29, 0.717) is 36.3 Å². The van der Waals surface area contributed by atoms with Gasteiger partial charge in [-0.2, -0.15) is 0 Å². The van der Waals surface area contributed by atoms with Gasteiger partial charge in [0, 0.05) is 18.3 Å². The first kappa shape index (κ1) is 23.5. The van der Waals surface area contributed by atoms with E-state index < -0.39 is 0 Å². The number of amides is 2. The van der Waals surface area contributed by atoms with Gasteiger partial charge in [-0.1, -0.05) is 44.2 Å². The van der Waals surface area contributed by atoms with Crippen LogP contribution >= 0.6 is 0 Å². The van der Waals surface area contributed by atoms with Crippen molar-refractivity contribution in [3.8, 4) is 11.5 Å². The van der Waals surface area contributed by atoms with E-state index in [-0.39, 0.29) is 12.1 Å². The molecule has 2 rings (SSSR count). The smallest absolute Gasteiger partial charge is 0.319 e. The summed E-state index contributed by atoms with van der Waals surface area (Å²) in [5, 5.41) is 5.97. The molecule has 2 aromatic carbocycles. The zero-order valence-corrected chi connectivity index (χ0v) is 18.8. The summed E-state index contributed by atoms with van der Waals surface area (Å²) in [7, 11) is 5.59. The maximum absolute atomic E-state index is 12.7. The van der Waals surface area contributed by atoms with Crippen LogP contribution in [0.1, 0.15) is 38.3 Å². The van der Waals surface area contributed by atoms with Gasteiger partial charge in [-0.3, -0.25) is 0 Å². The lowest BCUT2D eigenvalue weighted by molar-refractivity contribution is 0.244. The number of likely N-dealkylation sites (N-methyl/N-ethyl adjacent to an activating group) is 1. The Morgan fingerprint density at radius 1 is 1.07 bits per heavy atom. The number of urea groups is 1. The Labute approximate surface area is 180 Å². The summed E-state index contributed by atoms with van der Waals surface area (Å²) in [4.78, 5) is 14.7. The Balaban J connectivity index is 2.02. The maximum atomic E-state index is 12.7. The van der Waals surface area contributed by atoms with E-state index in [9.17, 15) is 4.79 Å². The van der Waals surface area contributed by atoms with Crippen LogP contribution in [0.25, 0.3) is 0 Å². The molecule has 2 N–H and O–H groups in total. The molecule has 6 heteroatoms. The number of hydrogen-bond acceptors (Lipinski definition) is 4. The first-order valence-corrected chi connectivity index (χ1v) is 10.5. The standard InChI is InChI=1S/C24H35N3O3/c1-18(2)10-9-15-30-23-16-20(13-14-22(23)29-5)25-24(28)26-21(17-27(3)4)19-11-7-6-8-12-19/h6-8,11-14,16,18,21H,9-10,15,17H2,1-5H3,(H2,25,26,28). The van der Waals surface area contributed by atoms with E-state index in [4.69, 9.17) is 9.47 Å². The summed E-state index contributed by atoms with van der Waals surface area (Å²) in [5.74, 6) is 1.93. The predicted molar refractivity (Wildman–Crippen MR) is 122 cm³/mol. The van der Waals surface area contributed by atoms with Crippen molar-refractivity contribution in [1.29, 1.82) is 0 Å². The van der Waals surface area contributed by atoms with Gasteiger partial charge in [0.1, 0.15) is 0 Å². The lowest BCUT2D eigenvalue weighted by atomic mass is 10.1. The van der Waals surface area contributed by atoms with Crippen LogP contribution in [0.5, 0.6) is 11.5 Å². The second-order valence-electron chi connectivity index (χ2n) is 8.07. The molecule has 0 heterocycles. The average molecular weight is 414 g/mol. The Kier molecular flexibility index (Phi) is 9.48. The Morgan fingerprint density at radius 3 is 2.43 bits per heavy atom. The third kappa shape index (κ3) is 7.95. The fraction of sp³-hybridized carbons (Fsp3) is 0.458. The largest absolute Gasteiger partial charge is 0.493 e. The van der Waals surface area contributed by atoms with Gasteiger partial charge in [0.15, 0.2) is 11.5 Å². The van der Waals surface area contributed by atoms with Crippen molar-refractivity contribution < 1.29 is 14.3 Å². The van der Waals surface area contributed by atoms with E-state index in [1.54, 1.807) is 13.2 Å². The lowest BCUT2D eigenvalue weighted by Crippen LogP contribution is -2.37. The molecule has 0 aliphatic heterocycles. The van der Waals surface area contributed by atoms with Crippen molar-refractivity contribution >= 4 is 11.7 Å². The molecule has 1 atom stereocenters. The van der Waals surface area contributed by atoms with Gasteiger partial charge in [-0.25, -0.2) is 4.79 Å². The number of carbonyl (C=O) groups excluding carboxylic acids is 1. The Morgan fingerprint density at radius 2 is 1.80 bits per heavy atom. The highest BCUT2D eigenvalue weighted by molar-refractivity contribution is 5.90. The van der Waals surface area contributed by atoms with Gasteiger partial charge in [-0.15, -0.1) is 0 Å². The van der Waals surface area contributed by atoms with Crippen molar-refractivity contribution in [2.75, 3.05) is 39.7 Å². The third-order valence-electron chi connectivity index (χ3n) is 4.66. The molecule has 0 fully saturated rings. The van der Waals surface area contributed by atoms with Crippen LogP contribution in [0, 0.1) is 5.92 Å². The zero-order chi connectivity index (χ0) is 21.9. The first-order valence-electron chi connectivity index (χ1n) is 10.5. The van der Waals surface area contributed by atoms with Crippen molar-refractivity contribution in [3.05, 3.63) is 54.1 Å². The van der Waals surface area contributed by atoms with E-state index in [2.05, 4.69) is 29.4 Å². The van der Waals surface area contributed by atoms with Crippen molar-refractivity contribution in [2.45, 2.75) is 32.7 Å². The summed E-state index contributed by atoms with van der Waals surface area (Å²) in [6.07, 6.45) is 2.08. The van der Waals surface area contributed by atoms with Crippen molar-refractivity contribution in [1.82, 2.24) is 10.2 Å². The van der Waals surface area contributed by atoms with Gasteiger partial charge < -0.3 is 25.0 Å². The van der Waals surface area contributed by atoms with Crippen LogP contribution in [-0.2, 0) is 0 Å². The van der Waals surface area contributed by atoms with Crippen LogP contribution in [-0.4, -0.2) is 45.3 Å². The molecule has 164 valence electrons. The monoisotopic (exact) mass is 413 g/mol. The Bertz CT molecular complexity index is 779. The summed E-state index contributed by atoms with van der Waals surface area (Å²) in [6, 6.07) is 15.0. The molecule has 0 aliphatic carbocycles. The molecule has 0 aliphatic rings. The highest BCUT2D eigenvalue weighted by atomic mass is 16.5. The minimum absolute atomic E-state index is 0.119. The summed E-state index contributed by atoms with van der Waals surface area (Å²) in [6.45, 7) is 5.71. The molecule has 0 saturated heterocycles. The maximum Gasteiger partial charge on any atom is 0.319 e. The van der Waals surface area contributed by atoms with Crippen LogP contribution in [0.15, 0.2) is 48.5 Å². The van der Waals surface area contributed by atoms with Gasteiger partial charge in [-0.05, 0) is 50.6 Å². The normalized spacial score (nSPS) is 12.0. The zero-order valence-electron chi connectivity index (χ0n) is 18.8. The molecule has 0 bridgehead atoms. The molecule has 0 saturated carbocycles. The molecule has 2 amide bonds. The number of nitrogens with zero attached hydrogens (tertiary/aromatic N) is 1. The number of nitrogens with one attached hydrogen (secondary N) is 2. The third-order valence-corrected chi connectivity index (χ3v) is 4.66. The molecule has 0 spiro atoms. The van der Waals surface area contributed by atoms with Gasteiger partial charge >= 0.3 is 6.03 Å². The summed E-state index contributed by atoms with van der Waals surface area (Å²) in [5.41, 5.74) is 1.72. The highest BCUT2D eigenvalue weighted by Gasteiger charge is 2.16. The van der Waals surface area contributed by atoms with Gasteiger partial charge in [0.05, 0.1) is 19.8 Å². The van der Waals surface area contributed by atoms with Crippen molar-refractivity contribution in [2.24, 2.45) is 5.92 Å². The second-order valence-corrected chi connectivity index (χ2v) is 8.07. The average Bonchev–Trinajstić information content (AvgIpc) is 2.71. The molecule has 0 aromatic heterocycles. The van der Waals surface area contributed by atoms with Crippen LogP contribution in [0.3, 0.4) is 0 Å². The van der Waals surface area contributed by atoms with Gasteiger partial charge in [0.2, 0.25) is 0 Å². The topological polar surface area (TPSA) is 62.8 Å². The van der Waals surface area contributed by atoms with Crippen LogP contribution in [0.4, 0.5) is 10.5 Å². The molecule has 0 radical (unpaired) electrons. The van der Waals surface area contributed by atoms with E-state index in [0.717, 1.165) is 18.4 Å². The molecule has 2 aromatic rings. The van der Waals surface area contributed by atoms with E-state index in [1.165, 1.54) is 0 Å². The molecular weight excluding hydrogens is 378 g/mol. The summed E-state index contributed by atoms with van der Waals surface area (Å²) >= 11 is 0. The summed E-state index contributed by atoms with van der Waals surface area (Å²) < 4.78 is 11.3. The number of methoxy groups -OCH3 is 1. The molecule has 6 nitrogen and oxygen atoms in total. The van der Waals surface area contributed by atoms with Crippen LogP contribution in [0.2, 0.25) is 0 Å². The van der Waals surface area contributed by atoms with Crippen LogP contribution < -0.4 is 20.1 Å². The van der Waals surface area contributed by atoms with E-state index in [1.807, 2.05) is 56.6 Å².